The van der Waals surface area contributed by atoms with Crippen molar-refractivity contribution in [2.45, 2.75) is 70.8 Å². The number of likely N-dealkylation sites (tertiary alicyclic amines) is 1. The van der Waals surface area contributed by atoms with Gasteiger partial charge in [-0.3, -0.25) is 4.79 Å². The molecule has 3 rings (SSSR count). The first-order valence-electron chi connectivity index (χ1n) is 11.0. The van der Waals surface area contributed by atoms with Crippen LogP contribution in [0, 0.1) is 5.92 Å². The van der Waals surface area contributed by atoms with Crippen molar-refractivity contribution in [3.63, 3.8) is 0 Å². The number of carbonyl (C=O) groups excluding carboxylic acids is 1. The molecule has 1 aliphatic heterocycles. The zero-order valence-electron chi connectivity index (χ0n) is 17.1. The molecule has 0 spiro atoms. The van der Waals surface area contributed by atoms with Gasteiger partial charge in [-0.25, -0.2) is 0 Å². The Bertz CT molecular complexity index is 630. The van der Waals surface area contributed by atoms with Crippen molar-refractivity contribution < 1.29 is 14.3 Å². The number of nitrogens with zero attached hydrogens (tertiary/aromatic N) is 1. The first-order valence-corrected chi connectivity index (χ1v) is 11.4. The van der Waals surface area contributed by atoms with Crippen molar-refractivity contribution >= 4 is 17.5 Å². The monoisotopic (exact) mass is 407 g/mol. The molecule has 5 heteroatoms. The van der Waals surface area contributed by atoms with Crippen LogP contribution in [0.4, 0.5) is 0 Å². The fourth-order valence-corrected chi connectivity index (χ4v) is 4.57. The largest absolute Gasteiger partial charge is 0.491 e. The average molecular weight is 408 g/mol. The summed E-state index contributed by atoms with van der Waals surface area (Å²) in [7, 11) is 0. The predicted molar refractivity (Wildman–Crippen MR) is 113 cm³/mol. The lowest BCUT2D eigenvalue weighted by atomic mass is 9.94. The van der Waals surface area contributed by atoms with Gasteiger partial charge in [-0.15, -0.1) is 0 Å². The normalized spacial score (nSPS) is 20.7. The van der Waals surface area contributed by atoms with Crippen LogP contribution in [0.1, 0.15) is 63.9 Å². The second-order valence-electron chi connectivity index (χ2n) is 8.08. The minimum atomic E-state index is 0.0677. The highest BCUT2D eigenvalue weighted by atomic mass is 35.5. The van der Waals surface area contributed by atoms with Crippen LogP contribution in [0.25, 0.3) is 0 Å². The van der Waals surface area contributed by atoms with E-state index in [1.54, 1.807) is 0 Å². The minimum Gasteiger partial charge on any atom is -0.491 e. The molecule has 1 unspecified atom stereocenters. The molecular formula is C23H34ClNO3. The van der Waals surface area contributed by atoms with E-state index in [1.165, 1.54) is 32.1 Å². The molecule has 1 saturated carbocycles. The third-order valence-electron chi connectivity index (χ3n) is 6.00. The van der Waals surface area contributed by atoms with Crippen LogP contribution in [-0.2, 0) is 16.0 Å². The van der Waals surface area contributed by atoms with Gasteiger partial charge in [0.1, 0.15) is 12.4 Å². The molecular weight excluding hydrogens is 374 g/mol. The van der Waals surface area contributed by atoms with E-state index in [-0.39, 0.29) is 5.92 Å². The van der Waals surface area contributed by atoms with Gasteiger partial charge in [-0.2, -0.15) is 0 Å². The zero-order chi connectivity index (χ0) is 19.8. The maximum absolute atomic E-state index is 12.9. The molecule has 0 aromatic heterocycles. The van der Waals surface area contributed by atoms with E-state index in [4.69, 9.17) is 21.1 Å². The van der Waals surface area contributed by atoms with Gasteiger partial charge in [0.15, 0.2) is 0 Å². The van der Waals surface area contributed by atoms with Gasteiger partial charge >= 0.3 is 0 Å². The number of unbranched alkanes of at least 4 members (excludes halogenated alkanes) is 1. The molecule has 1 amide bonds. The lowest BCUT2D eigenvalue weighted by Crippen LogP contribution is -2.39. The van der Waals surface area contributed by atoms with E-state index in [2.05, 4.69) is 11.8 Å². The molecule has 2 fully saturated rings. The SMILES string of the molecule is CCCCOCCOc1ccc(CC2CCN(C3CCCCC3)C2=O)c(Cl)c1. The Morgan fingerprint density at radius 3 is 2.68 bits per heavy atom. The summed E-state index contributed by atoms with van der Waals surface area (Å²) >= 11 is 6.49. The quantitative estimate of drug-likeness (QED) is 0.496. The summed E-state index contributed by atoms with van der Waals surface area (Å²) in [6.07, 6.45) is 10.1. The molecule has 1 aliphatic carbocycles. The number of ether oxygens (including phenoxy) is 2. The fourth-order valence-electron chi connectivity index (χ4n) is 4.32. The Morgan fingerprint density at radius 2 is 1.93 bits per heavy atom. The highest BCUT2D eigenvalue weighted by Crippen LogP contribution is 2.32. The van der Waals surface area contributed by atoms with Crippen LogP contribution < -0.4 is 4.74 Å². The van der Waals surface area contributed by atoms with E-state index in [9.17, 15) is 4.79 Å². The summed E-state index contributed by atoms with van der Waals surface area (Å²) in [5.41, 5.74) is 1.04. The van der Waals surface area contributed by atoms with Gasteiger partial charge in [0.2, 0.25) is 5.91 Å². The van der Waals surface area contributed by atoms with E-state index in [1.807, 2.05) is 18.2 Å². The van der Waals surface area contributed by atoms with E-state index in [0.717, 1.165) is 50.1 Å². The van der Waals surface area contributed by atoms with Crippen molar-refractivity contribution in [2.24, 2.45) is 5.92 Å². The van der Waals surface area contributed by atoms with Gasteiger partial charge in [0.25, 0.3) is 0 Å². The van der Waals surface area contributed by atoms with Crippen LogP contribution in [0.15, 0.2) is 18.2 Å². The van der Waals surface area contributed by atoms with Crippen molar-refractivity contribution in [1.82, 2.24) is 4.90 Å². The number of rotatable bonds is 10. The number of hydrogen-bond acceptors (Lipinski definition) is 3. The second-order valence-corrected chi connectivity index (χ2v) is 8.49. The third-order valence-corrected chi connectivity index (χ3v) is 6.35. The van der Waals surface area contributed by atoms with Crippen molar-refractivity contribution in [3.8, 4) is 5.75 Å². The molecule has 2 aliphatic rings. The molecule has 1 heterocycles. The number of amides is 1. The average Bonchev–Trinajstić information content (AvgIpc) is 3.07. The Hall–Kier alpha value is -1.26. The topological polar surface area (TPSA) is 38.8 Å². The standard InChI is InChI=1S/C23H34ClNO3/c1-2-3-13-27-14-15-28-21-10-9-18(22(24)17-21)16-19-11-12-25(23(19)26)20-7-5-4-6-8-20/h9-10,17,19-20H,2-8,11-16H2,1H3. The summed E-state index contributed by atoms with van der Waals surface area (Å²) in [5, 5.41) is 0.688. The number of halogens is 1. The summed E-state index contributed by atoms with van der Waals surface area (Å²) in [5.74, 6) is 1.15. The first-order chi connectivity index (χ1) is 13.7. The molecule has 1 saturated heterocycles. The van der Waals surface area contributed by atoms with Gasteiger partial charge in [-0.05, 0) is 49.8 Å². The number of carbonyl (C=O) groups is 1. The zero-order valence-corrected chi connectivity index (χ0v) is 17.9. The Morgan fingerprint density at radius 1 is 1.11 bits per heavy atom. The first kappa shape index (κ1) is 21.4. The summed E-state index contributed by atoms with van der Waals surface area (Å²) in [4.78, 5) is 15.0. The molecule has 0 N–H and O–H groups in total. The maximum Gasteiger partial charge on any atom is 0.226 e. The van der Waals surface area contributed by atoms with E-state index >= 15 is 0 Å². The Kier molecular flexibility index (Phi) is 8.47. The van der Waals surface area contributed by atoms with Crippen LogP contribution in [-0.4, -0.2) is 43.2 Å². The summed E-state index contributed by atoms with van der Waals surface area (Å²) in [6, 6.07) is 6.29. The van der Waals surface area contributed by atoms with Gasteiger partial charge in [0.05, 0.1) is 6.61 Å². The van der Waals surface area contributed by atoms with Crippen molar-refractivity contribution in [2.75, 3.05) is 26.4 Å². The van der Waals surface area contributed by atoms with Gasteiger partial charge < -0.3 is 14.4 Å². The molecule has 0 radical (unpaired) electrons. The van der Waals surface area contributed by atoms with Crippen LogP contribution in [0.2, 0.25) is 5.02 Å². The smallest absolute Gasteiger partial charge is 0.226 e. The maximum atomic E-state index is 12.9. The second kappa shape index (κ2) is 11.1. The lowest BCUT2D eigenvalue weighted by Gasteiger charge is -2.31. The highest BCUT2D eigenvalue weighted by Gasteiger charge is 2.36. The molecule has 4 nitrogen and oxygen atoms in total. The molecule has 0 bridgehead atoms. The highest BCUT2D eigenvalue weighted by molar-refractivity contribution is 6.31. The fraction of sp³-hybridized carbons (Fsp3) is 0.696. The molecule has 28 heavy (non-hydrogen) atoms. The van der Waals surface area contributed by atoms with E-state index in [0.29, 0.717) is 30.2 Å². The van der Waals surface area contributed by atoms with Gasteiger partial charge in [-0.1, -0.05) is 50.3 Å². The van der Waals surface area contributed by atoms with Gasteiger partial charge in [0, 0.05) is 30.1 Å². The minimum absolute atomic E-state index is 0.0677. The van der Waals surface area contributed by atoms with Crippen molar-refractivity contribution in [3.05, 3.63) is 28.8 Å². The van der Waals surface area contributed by atoms with Crippen LogP contribution >= 0.6 is 11.6 Å². The Balaban J connectivity index is 1.47. The molecule has 1 aromatic carbocycles. The predicted octanol–water partition coefficient (Wildman–Crippen LogP) is 5.26. The number of hydrogen-bond donors (Lipinski definition) is 0. The van der Waals surface area contributed by atoms with Crippen molar-refractivity contribution in [1.29, 1.82) is 0 Å². The summed E-state index contributed by atoms with van der Waals surface area (Å²) < 4.78 is 11.2. The molecule has 1 aromatic rings. The Labute approximate surface area is 174 Å². The van der Waals surface area contributed by atoms with Crippen LogP contribution in [0.3, 0.4) is 0 Å². The molecule has 1 atom stereocenters. The molecule has 156 valence electrons. The van der Waals surface area contributed by atoms with E-state index < -0.39 is 0 Å². The third kappa shape index (κ3) is 5.87. The van der Waals surface area contributed by atoms with Crippen LogP contribution in [0.5, 0.6) is 5.75 Å². The number of benzene rings is 1. The lowest BCUT2D eigenvalue weighted by molar-refractivity contribution is -0.133. The summed E-state index contributed by atoms with van der Waals surface area (Å²) in [6.45, 7) is 4.96.